The lowest BCUT2D eigenvalue weighted by atomic mass is 9.97. The number of H-pyrrole nitrogens is 1. The smallest absolute Gasteiger partial charge is 0.263 e. The van der Waals surface area contributed by atoms with Crippen LogP contribution in [0.1, 0.15) is 12.5 Å². The van der Waals surface area contributed by atoms with Gasteiger partial charge in [0.15, 0.2) is 6.10 Å². The fourth-order valence-electron chi connectivity index (χ4n) is 4.33. The number of benzene rings is 2. The number of fused-ring (bicyclic) bond motifs is 1. The van der Waals surface area contributed by atoms with Crippen molar-refractivity contribution in [2.75, 3.05) is 46.4 Å². The summed E-state index contributed by atoms with van der Waals surface area (Å²) in [7, 11) is 1.70. The normalized spacial score (nSPS) is 15.5. The van der Waals surface area contributed by atoms with E-state index in [4.69, 9.17) is 9.47 Å². The molecule has 4 rings (SSSR count). The van der Waals surface area contributed by atoms with Gasteiger partial charge >= 0.3 is 0 Å². The molecule has 1 atom stereocenters. The number of aromatic nitrogens is 1. The Balaban J connectivity index is 1.49. The standard InChI is InChI=1S/C26H31N3O4/c1-18-6-4-5-7-21(18)24-17-27-25(30)23-16-20(8-9-22(23)24)33-19(2)26(31)29-12-10-28(11-13-29)14-15-32-3/h4-9,16-17,19H,10-15H2,1-3H3,(H,27,30)/t19-/m1/s1. The van der Waals surface area contributed by atoms with Crippen molar-refractivity contribution in [1.29, 1.82) is 0 Å². The Morgan fingerprint density at radius 2 is 1.82 bits per heavy atom. The van der Waals surface area contributed by atoms with Gasteiger partial charge < -0.3 is 19.4 Å². The van der Waals surface area contributed by atoms with Crippen LogP contribution >= 0.6 is 0 Å². The summed E-state index contributed by atoms with van der Waals surface area (Å²) in [5, 5.41) is 1.39. The van der Waals surface area contributed by atoms with E-state index in [-0.39, 0.29) is 11.5 Å². The Morgan fingerprint density at radius 1 is 1.06 bits per heavy atom. The molecule has 0 bridgehead atoms. The third-order valence-electron chi connectivity index (χ3n) is 6.26. The summed E-state index contributed by atoms with van der Waals surface area (Å²) in [5.74, 6) is 0.471. The zero-order valence-electron chi connectivity index (χ0n) is 19.5. The molecular formula is C26H31N3O4. The van der Waals surface area contributed by atoms with Crippen molar-refractivity contribution in [2.24, 2.45) is 0 Å². The van der Waals surface area contributed by atoms with Crippen LogP contribution in [0.5, 0.6) is 5.75 Å². The van der Waals surface area contributed by atoms with Crippen molar-refractivity contribution < 1.29 is 14.3 Å². The lowest BCUT2D eigenvalue weighted by molar-refractivity contribution is -0.139. The quantitative estimate of drug-likeness (QED) is 0.600. The number of pyridine rings is 1. The lowest BCUT2D eigenvalue weighted by Gasteiger charge is -2.35. The average molecular weight is 450 g/mol. The van der Waals surface area contributed by atoms with Crippen molar-refractivity contribution in [1.82, 2.24) is 14.8 Å². The van der Waals surface area contributed by atoms with Gasteiger partial charge in [-0.25, -0.2) is 0 Å². The van der Waals surface area contributed by atoms with Crippen LogP contribution in [0, 0.1) is 6.92 Å². The highest BCUT2D eigenvalue weighted by Gasteiger charge is 2.26. The first kappa shape index (κ1) is 23.0. The van der Waals surface area contributed by atoms with E-state index >= 15 is 0 Å². The monoisotopic (exact) mass is 449 g/mol. The predicted molar refractivity (Wildman–Crippen MR) is 130 cm³/mol. The fourth-order valence-corrected chi connectivity index (χ4v) is 4.33. The highest BCUT2D eigenvalue weighted by Crippen LogP contribution is 2.30. The summed E-state index contributed by atoms with van der Waals surface area (Å²) in [6, 6.07) is 13.5. The van der Waals surface area contributed by atoms with Crippen LogP contribution in [-0.2, 0) is 9.53 Å². The van der Waals surface area contributed by atoms with Crippen molar-refractivity contribution in [3.8, 4) is 16.9 Å². The minimum atomic E-state index is -0.633. The third kappa shape index (κ3) is 5.10. The van der Waals surface area contributed by atoms with Gasteiger partial charge in [-0.15, -0.1) is 0 Å². The molecule has 7 nitrogen and oxygen atoms in total. The molecule has 1 aliphatic heterocycles. The number of nitrogens with one attached hydrogen (secondary N) is 1. The molecule has 1 fully saturated rings. The number of ether oxygens (including phenoxy) is 2. The van der Waals surface area contributed by atoms with Crippen LogP contribution in [0.3, 0.4) is 0 Å². The minimum Gasteiger partial charge on any atom is -0.481 e. The second kappa shape index (κ2) is 10.2. The van der Waals surface area contributed by atoms with E-state index in [1.165, 1.54) is 0 Å². The molecule has 1 amide bonds. The molecule has 0 aliphatic carbocycles. The van der Waals surface area contributed by atoms with Gasteiger partial charge in [-0.2, -0.15) is 0 Å². The first-order valence-corrected chi connectivity index (χ1v) is 11.4. The first-order chi connectivity index (χ1) is 16.0. The van der Waals surface area contributed by atoms with E-state index in [9.17, 15) is 9.59 Å². The molecule has 1 N–H and O–H groups in total. The molecule has 174 valence electrons. The number of aromatic amines is 1. The van der Waals surface area contributed by atoms with Crippen molar-refractivity contribution in [2.45, 2.75) is 20.0 Å². The largest absolute Gasteiger partial charge is 0.481 e. The van der Waals surface area contributed by atoms with Crippen LogP contribution in [0.2, 0.25) is 0 Å². The van der Waals surface area contributed by atoms with Crippen LogP contribution in [0.15, 0.2) is 53.5 Å². The molecule has 0 spiro atoms. The molecule has 0 saturated carbocycles. The van der Waals surface area contributed by atoms with E-state index in [1.54, 1.807) is 26.3 Å². The number of aryl methyl sites for hydroxylation is 1. The lowest BCUT2D eigenvalue weighted by Crippen LogP contribution is -2.52. The Labute approximate surface area is 193 Å². The average Bonchev–Trinajstić information content (AvgIpc) is 2.84. The van der Waals surface area contributed by atoms with Gasteiger partial charge in [0.2, 0.25) is 0 Å². The van der Waals surface area contributed by atoms with E-state index in [2.05, 4.69) is 22.9 Å². The number of carbonyl (C=O) groups excluding carboxylic acids is 1. The van der Waals surface area contributed by atoms with Crippen LogP contribution < -0.4 is 10.3 Å². The molecule has 0 unspecified atom stereocenters. The van der Waals surface area contributed by atoms with Crippen molar-refractivity contribution >= 4 is 16.7 Å². The maximum Gasteiger partial charge on any atom is 0.263 e. The van der Waals surface area contributed by atoms with Crippen LogP contribution in [0.25, 0.3) is 21.9 Å². The zero-order valence-corrected chi connectivity index (χ0v) is 19.5. The maximum atomic E-state index is 12.9. The minimum absolute atomic E-state index is 0.0379. The summed E-state index contributed by atoms with van der Waals surface area (Å²) in [4.78, 5) is 32.5. The molecule has 2 aromatic carbocycles. The first-order valence-electron chi connectivity index (χ1n) is 11.4. The van der Waals surface area contributed by atoms with Gasteiger partial charge in [0.1, 0.15) is 5.75 Å². The van der Waals surface area contributed by atoms with Gasteiger partial charge in [-0.1, -0.05) is 24.3 Å². The molecule has 3 aromatic rings. The summed E-state index contributed by atoms with van der Waals surface area (Å²) < 4.78 is 11.1. The molecule has 2 heterocycles. The number of amides is 1. The number of methoxy groups -OCH3 is 1. The summed E-state index contributed by atoms with van der Waals surface area (Å²) >= 11 is 0. The van der Waals surface area contributed by atoms with Crippen molar-refractivity contribution in [3.05, 3.63) is 64.6 Å². The predicted octanol–water partition coefficient (Wildman–Crippen LogP) is 3.06. The van der Waals surface area contributed by atoms with Gasteiger partial charge in [0, 0.05) is 51.6 Å². The number of hydrogen-bond acceptors (Lipinski definition) is 5. The zero-order chi connectivity index (χ0) is 23.4. The van der Waals surface area contributed by atoms with E-state index < -0.39 is 6.10 Å². The maximum absolute atomic E-state index is 12.9. The van der Waals surface area contributed by atoms with Crippen LogP contribution in [-0.4, -0.2) is 73.2 Å². The summed E-state index contributed by atoms with van der Waals surface area (Å²) in [5.41, 5.74) is 2.98. The van der Waals surface area contributed by atoms with Gasteiger partial charge in [-0.3, -0.25) is 14.5 Å². The number of carbonyl (C=O) groups is 1. The number of rotatable bonds is 7. The van der Waals surface area contributed by atoms with Gasteiger partial charge in [0.25, 0.3) is 11.5 Å². The Morgan fingerprint density at radius 3 is 2.55 bits per heavy atom. The highest BCUT2D eigenvalue weighted by atomic mass is 16.5. The number of nitrogens with zero attached hydrogens (tertiary/aromatic N) is 2. The summed E-state index contributed by atoms with van der Waals surface area (Å²) in [6.45, 7) is 8.39. The summed E-state index contributed by atoms with van der Waals surface area (Å²) in [6.07, 6.45) is 1.12. The SMILES string of the molecule is COCCN1CCN(C(=O)[C@@H](C)Oc2ccc3c(-c4ccccc4C)c[nH]c(=O)c3c2)CC1. The van der Waals surface area contributed by atoms with E-state index in [0.717, 1.165) is 41.7 Å². The third-order valence-corrected chi connectivity index (χ3v) is 6.26. The van der Waals surface area contributed by atoms with E-state index in [0.29, 0.717) is 30.8 Å². The van der Waals surface area contributed by atoms with Crippen molar-refractivity contribution in [3.63, 3.8) is 0 Å². The van der Waals surface area contributed by atoms with Gasteiger partial charge in [-0.05, 0) is 48.6 Å². The Bertz CT molecular complexity index is 1180. The topological polar surface area (TPSA) is 74.9 Å². The molecule has 7 heteroatoms. The molecule has 1 saturated heterocycles. The van der Waals surface area contributed by atoms with Crippen LogP contribution in [0.4, 0.5) is 0 Å². The Hall–Kier alpha value is -3.16. The fraction of sp³-hybridized carbons (Fsp3) is 0.385. The molecular weight excluding hydrogens is 418 g/mol. The van der Waals surface area contributed by atoms with Gasteiger partial charge in [0.05, 0.1) is 12.0 Å². The second-order valence-electron chi connectivity index (χ2n) is 8.47. The molecule has 33 heavy (non-hydrogen) atoms. The molecule has 0 radical (unpaired) electrons. The second-order valence-corrected chi connectivity index (χ2v) is 8.47. The molecule has 1 aromatic heterocycles. The van der Waals surface area contributed by atoms with E-state index in [1.807, 2.05) is 35.2 Å². The highest BCUT2D eigenvalue weighted by molar-refractivity contribution is 5.97. The Kier molecular flexibility index (Phi) is 7.11. The number of hydrogen-bond donors (Lipinski definition) is 1. The number of piperazine rings is 1. The molecule has 1 aliphatic rings.